The second-order valence-electron chi connectivity index (χ2n) is 4.29. The smallest absolute Gasteiger partial charge is 0.317 e. The minimum absolute atomic E-state index is 0.478. The predicted octanol–water partition coefficient (Wildman–Crippen LogP) is 5.22. The van der Waals surface area contributed by atoms with Crippen LogP contribution in [-0.2, 0) is 0 Å². The van der Waals surface area contributed by atoms with Crippen LogP contribution in [0.4, 0.5) is 67.2 Å². The number of alkyl halides is 9. The molecule has 0 saturated heterocycles. The van der Waals surface area contributed by atoms with E-state index >= 15 is 0 Å². The third kappa shape index (κ3) is 3.03. The number of rotatable bonds is 4. The van der Waals surface area contributed by atoms with Crippen LogP contribution in [0.2, 0.25) is 0 Å². The van der Waals surface area contributed by atoms with Crippen molar-refractivity contribution in [3.8, 4) is 0 Å². The number of hydrogen-bond acceptors (Lipinski definition) is 1. The van der Waals surface area contributed by atoms with Gasteiger partial charge in [-0.25, -0.2) is 22.0 Å². The van der Waals surface area contributed by atoms with Gasteiger partial charge in [-0.1, -0.05) is 0 Å². The van der Waals surface area contributed by atoms with Crippen molar-refractivity contribution >= 4 is 5.69 Å². The van der Waals surface area contributed by atoms with Gasteiger partial charge < -0.3 is 5.32 Å². The second-order valence-corrected chi connectivity index (χ2v) is 4.29. The average Bonchev–Trinajstić information content (AvgIpc) is 2.46. The van der Waals surface area contributed by atoms with Gasteiger partial charge in [-0.3, -0.25) is 0 Å². The molecule has 0 atom stereocenters. The van der Waals surface area contributed by atoms with Crippen molar-refractivity contribution in [1.82, 2.24) is 0 Å². The topological polar surface area (TPSA) is 12.0 Å². The summed E-state index contributed by atoms with van der Waals surface area (Å²) in [6, 6.07) is -6.79. The lowest BCUT2D eigenvalue weighted by Gasteiger charge is -2.34. The summed E-state index contributed by atoms with van der Waals surface area (Å²) < 4.78 is 177. The fourth-order valence-electron chi connectivity index (χ4n) is 1.33. The predicted molar refractivity (Wildman–Crippen MR) is 50.8 cm³/mol. The van der Waals surface area contributed by atoms with E-state index in [0.717, 1.165) is 0 Å². The Morgan fingerprint density at radius 3 is 1.12 bits per heavy atom. The van der Waals surface area contributed by atoms with Crippen LogP contribution in [-0.4, -0.2) is 24.1 Å². The van der Waals surface area contributed by atoms with Crippen molar-refractivity contribution in [3.05, 3.63) is 29.1 Å². The third-order valence-corrected chi connectivity index (χ3v) is 2.64. The Kier molecular flexibility index (Phi) is 4.89. The first-order valence-corrected chi connectivity index (χ1v) is 5.40. The summed E-state index contributed by atoms with van der Waals surface area (Å²) in [4.78, 5) is 0. The Morgan fingerprint density at radius 1 is 0.480 bits per heavy atom. The Balaban J connectivity index is 3.49. The van der Waals surface area contributed by atoms with Gasteiger partial charge in [0, 0.05) is 0 Å². The molecule has 0 saturated carbocycles. The van der Waals surface area contributed by atoms with Crippen LogP contribution in [0.5, 0.6) is 0 Å². The van der Waals surface area contributed by atoms with Crippen molar-refractivity contribution in [1.29, 1.82) is 0 Å². The van der Waals surface area contributed by atoms with E-state index in [2.05, 4.69) is 0 Å². The fraction of sp³-hybridized carbons (Fsp3) is 0.400. The van der Waals surface area contributed by atoms with E-state index in [-0.39, 0.29) is 0 Å². The van der Waals surface area contributed by atoms with E-state index in [4.69, 9.17) is 0 Å². The van der Waals surface area contributed by atoms with E-state index in [1.54, 1.807) is 0 Å². The maximum Gasteiger partial charge on any atom is 0.460 e. The summed E-state index contributed by atoms with van der Waals surface area (Å²) in [6.45, 7) is 0. The van der Waals surface area contributed by atoms with Gasteiger partial charge in [-0.05, 0) is 0 Å². The maximum atomic E-state index is 13.1. The van der Waals surface area contributed by atoms with Crippen LogP contribution in [0, 0.1) is 29.1 Å². The number of nitrogens with one attached hydrogen (secondary N) is 1. The largest absolute Gasteiger partial charge is 0.460 e. The molecule has 0 aliphatic rings. The van der Waals surface area contributed by atoms with E-state index in [9.17, 15) is 61.5 Å². The molecular formula is C10HF14N. The SMILES string of the molecule is Fc1c(F)c(F)c(NC(F)(F)C(F)(F)C(F)(F)C(F)(F)F)c(F)c1F. The van der Waals surface area contributed by atoms with Gasteiger partial charge in [-0.2, -0.15) is 39.5 Å². The molecule has 1 aromatic carbocycles. The minimum Gasteiger partial charge on any atom is -0.317 e. The summed E-state index contributed by atoms with van der Waals surface area (Å²) in [5, 5.41) is -0.478. The highest BCUT2D eigenvalue weighted by molar-refractivity contribution is 5.49. The van der Waals surface area contributed by atoms with Crippen molar-refractivity contribution in [3.63, 3.8) is 0 Å². The standard InChI is InChI=1S/C10HF14N/c11-1-2(12)4(14)6(5(15)3(1)13)25-10(23,24)8(18,19)7(16,17)9(20,21)22/h25H. The Labute approximate surface area is 127 Å². The lowest BCUT2D eigenvalue weighted by atomic mass is 10.1. The van der Waals surface area contributed by atoms with Gasteiger partial charge >= 0.3 is 24.1 Å². The van der Waals surface area contributed by atoms with Crippen molar-refractivity contribution in [2.45, 2.75) is 24.1 Å². The van der Waals surface area contributed by atoms with Gasteiger partial charge in [0.05, 0.1) is 0 Å². The zero-order valence-electron chi connectivity index (χ0n) is 10.8. The van der Waals surface area contributed by atoms with Crippen LogP contribution in [0.15, 0.2) is 0 Å². The Hall–Kier alpha value is -1.96. The van der Waals surface area contributed by atoms with Crippen LogP contribution < -0.4 is 5.32 Å². The normalized spacial score (nSPS) is 14.0. The van der Waals surface area contributed by atoms with Crippen molar-refractivity contribution in [2.24, 2.45) is 0 Å². The van der Waals surface area contributed by atoms with Crippen LogP contribution in [0.3, 0.4) is 0 Å². The molecule has 144 valence electrons. The molecule has 1 aromatic rings. The number of anilines is 1. The van der Waals surface area contributed by atoms with E-state index < -0.39 is 64.2 Å². The van der Waals surface area contributed by atoms with Crippen molar-refractivity contribution in [2.75, 3.05) is 5.32 Å². The molecule has 0 fully saturated rings. The summed E-state index contributed by atoms with van der Waals surface area (Å²) in [5.74, 6) is -30.0. The molecule has 0 aliphatic carbocycles. The van der Waals surface area contributed by atoms with Crippen LogP contribution >= 0.6 is 0 Å². The minimum atomic E-state index is -7.43. The van der Waals surface area contributed by atoms with Crippen LogP contribution in [0.1, 0.15) is 0 Å². The lowest BCUT2D eigenvalue weighted by molar-refractivity contribution is -0.391. The average molecular weight is 401 g/mol. The Morgan fingerprint density at radius 2 is 0.800 bits per heavy atom. The molecule has 0 bridgehead atoms. The quantitative estimate of drug-likeness (QED) is 0.316. The van der Waals surface area contributed by atoms with E-state index in [0.29, 0.717) is 0 Å². The monoisotopic (exact) mass is 401 g/mol. The first-order chi connectivity index (χ1) is 10.9. The molecule has 0 heterocycles. The molecule has 1 N–H and O–H groups in total. The molecule has 15 heteroatoms. The van der Waals surface area contributed by atoms with Crippen molar-refractivity contribution < 1.29 is 61.5 Å². The summed E-state index contributed by atoms with van der Waals surface area (Å²) in [6.07, 6.45) is -7.24. The molecule has 1 rings (SSSR count). The van der Waals surface area contributed by atoms with Gasteiger partial charge in [0.1, 0.15) is 5.69 Å². The molecule has 0 radical (unpaired) electrons. The van der Waals surface area contributed by atoms with Gasteiger partial charge in [0.15, 0.2) is 23.3 Å². The molecule has 0 aromatic heterocycles. The highest BCUT2D eigenvalue weighted by Crippen LogP contribution is 2.53. The zero-order valence-corrected chi connectivity index (χ0v) is 10.8. The van der Waals surface area contributed by atoms with Gasteiger partial charge in [-0.15, -0.1) is 0 Å². The number of benzene rings is 1. The molecule has 25 heavy (non-hydrogen) atoms. The van der Waals surface area contributed by atoms with Gasteiger partial charge in [0.2, 0.25) is 5.82 Å². The number of halogens is 14. The van der Waals surface area contributed by atoms with E-state index in [1.165, 1.54) is 0 Å². The summed E-state index contributed by atoms with van der Waals surface area (Å²) in [7, 11) is 0. The fourth-order valence-corrected chi connectivity index (χ4v) is 1.33. The molecular weight excluding hydrogens is 400 g/mol. The maximum absolute atomic E-state index is 13.1. The van der Waals surface area contributed by atoms with Gasteiger partial charge in [0.25, 0.3) is 0 Å². The first-order valence-electron chi connectivity index (χ1n) is 5.40. The Bertz CT molecular complexity index is 646. The molecule has 1 nitrogen and oxygen atoms in total. The molecule has 0 spiro atoms. The number of hydrogen-bond donors (Lipinski definition) is 1. The molecule has 0 aliphatic heterocycles. The molecule has 0 unspecified atom stereocenters. The van der Waals surface area contributed by atoms with Crippen LogP contribution in [0.25, 0.3) is 0 Å². The first kappa shape index (κ1) is 21.1. The summed E-state index contributed by atoms with van der Waals surface area (Å²) >= 11 is 0. The zero-order chi connectivity index (χ0) is 20.2. The lowest BCUT2D eigenvalue weighted by Crippen LogP contribution is -2.63. The highest BCUT2D eigenvalue weighted by atomic mass is 19.4. The highest BCUT2D eigenvalue weighted by Gasteiger charge is 2.82. The third-order valence-electron chi connectivity index (χ3n) is 2.64. The second kappa shape index (κ2) is 5.79. The summed E-state index contributed by atoms with van der Waals surface area (Å²) in [5.41, 5.74) is -2.93. The van der Waals surface area contributed by atoms with E-state index in [1.807, 2.05) is 0 Å². The molecule has 0 amide bonds.